The Labute approximate surface area is 106 Å². The molecule has 1 aliphatic carbocycles. The van der Waals surface area contributed by atoms with Crippen molar-refractivity contribution in [2.75, 3.05) is 5.32 Å². The van der Waals surface area contributed by atoms with Crippen molar-refractivity contribution in [3.05, 3.63) is 23.4 Å². The van der Waals surface area contributed by atoms with Gasteiger partial charge in [-0.25, -0.2) is 9.78 Å². The number of anilines is 1. The van der Waals surface area contributed by atoms with Crippen LogP contribution in [0.15, 0.2) is 12.1 Å². The van der Waals surface area contributed by atoms with Gasteiger partial charge in [-0.3, -0.25) is 0 Å². The molecule has 3 N–H and O–H groups in total. The molecule has 0 aliphatic heterocycles. The highest BCUT2D eigenvalue weighted by atomic mass is 16.4. The van der Waals surface area contributed by atoms with Crippen LogP contribution in [0.5, 0.6) is 0 Å². The van der Waals surface area contributed by atoms with Gasteiger partial charge in [0, 0.05) is 11.7 Å². The quantitative estimate of drug-likeness (QED) is 0.759. The van der Waals surface area contributed by atoms with E-state index >= 15 is 0 Å². The van der Waals surface area contributed by atoms with E-state index < -0.39 is 5.97 Å². The summed E-state index contributed by atoms with van der Waals surface area (Å²) >= 11 is 0. The molecule has 0 radical (unpaired) electrons. The van der Waals surface area contributed by atoms with Crippen LogP contribution in [0.4, 0.5) is 5.82 Å². The predicted octanol–water partition coefficient (Wildman–Crippen LogP) is 1.84. The number of aromatic nitrogens is 1. The maximum absolute atomic E-state index is 11.1. The Balaban J connectivity index is 2.20. The molecule has 1 heterocycles. The molecule has 98 valence electrons. The minimum Gasteiger partial charge on any atom is -0.478 e. The summed E-state index contributed by atoms with van der Waals surface area (Å²) in [4.78, 5) is 15.5. The highest BCUT2D eigenvalue weighted by Crippen LogP contribution is 2.25. The third-order valence-corrected chi connectivity index (χ3v) is 3.15. The van der Waals surface area contributed by atoms with Crippen molar-refractivity contribution in [3.8, 4) is 0 Å². The summed E-state index contributed by atoms with van der Waals surface area (Å²) in [6.45, 7) is 3.95. The molecule has 1 saturated carbocycles. The number of hydrogen-bond donors (Lipinski definition) is 3. The fraction of sp³-hybridized carbons (Fsp3) is 0.538. The number of carbonyl (C=O) groups is 1. The van der Waals surface area contributed by atoms with Gasteiger partial charge in [0.2, 0.25) is 0 Å². The first-order chi connectivity index (χ1) is 8.45. The minimum atomic E-state index is -0.948. The molecule has 1 fully saturated rings. The van der Waals surface area contributed by atoms with Crippen LogP contribution in [-0.4, -0.2) is 33.3 Å². The molecule has 1 aromatic rings. The summed E-state index contributed by atoms with van der Waals surface area (Å²) in [6.07, 6.45) is 1.14. The first-order valence-corrected chi connectivity index (χ1v) is 6.15. The molecular formula is C13H18N2O3. The third kappa shape index (κ3) is 2.79. The molecule has 0 unspecified atom stereocenters. The van der Waals surface area contributed by atoms with Gasteiger partial charge in [-0.15, -0.1) is 0 Å². The number of carboxylic acid groups (broad SMARTS) is 1. The largest absolute Gasteiger partial charge is 0.478 e. The van der Waals surface area contributed by atoms with E-state index in [2.05, 4.69) is 10.3 Å². The molecule has 1 aliphatic rings. The first-order valence-electron chi connectivity index (χ1n) is 6.15. The molecule has 0 atom stereocenters. The Hall–Kier alpha value is -1.62. The third-order valence-electron chi connectivity index (χ3n) is 3.15. The van der Waals surface area contributed by atoms with E-state index in [9.17, 15) is 9.90 Å². The topological polar surface area (TPSA) is 82.5 Å². The number of nitrogens with zero attached hydrogens (tertiary/aromatic N) is 1. The van der Waals surface area contributed by atoms with Gasteiger partial charge in [0.25, 0.3) is 0 Å². The second kappa shape index (κ2) is 4.94. The monoisotopic (exact) mass is 250 g/mol. The average Bonchev–Trinajstić information content (AvgIpc) is 2.26. The molecule has 0 amide bonds. The zero-order valence-corrected chi connectivity index (χ0v) is 10.6. The second-order valence-corrected chi connectivity index (χ2v) is 5.09. The summed E-state index contributed by atoms with van der Waals surface area (Å²) in [5.41, 5.74) is 1.01. The van der Waals surface area contributed by atoms with Crippen LogP contribution in [0.25, 0.3) is 0 Å². The van der Waals surface area contributed by atoms with Crippen molar-refractivity contribution < 1.29 is 15.0 Å². The van der Waals surface area contributed by atoms with Gasteiger partial charge in [-0.05, 0) is 30.9 Å². The van der Waals surface area contributed by atoms with E-state index in [1.54, 1.807) is 12.1 Å². The van der Waals surface area contributed by atoms with Crippen LogP contribution in [0, 0.1) is 0 Å². The highest BCUT2D eigenvalue weighted by molar-refractivity contribution is 5.88. The Morgan fingerprint density at radius 1 is 1.44 bits per heavy atom. The highest BCUT2D eigenvalue weighted by Gasteiger charge is 2.27. The maximum Gasteiger partial charge on any atom is 0.335 e. The standard InChI is InChI=1S/C13H18N2O3/c1-7(2)11-3-8(13(17)18)4-12(15-11)14-9-5-10(16)6-9/h3-4,7,9-10,16H,5-6H2,1-2H3,(H,14,15)(H,17,18). The summed E-state index contributed by atoms with van der Waals surface area (Å²) in [5, 5.41) is 21.5. The molecule has 18 heavy (non-hydrogen) atoms. The lowest BCUT2D eigenvalue weighted by Gasteiger charge is -2.32. The molecule has 5 nitrogen and oxygen atoms in total. The van der Waals surface area contributed by atoms with Crippen molar-refractivity contribution in [1.82, 2.24) is 4.98 Å². The number of hydrogen-bond acceptors (Lipinski definition) is 4. The maximum atomic E-state index is 11.1. The van der Waals surface area contributed by atoms with Crippen molar-refractivity contribution >= 4 is 11.8 Å². The van der Waals surface area contributed by atoms with Gasteiger partial charge in [-0.2, -0.15) is 0 Å². The lowest BCUT2D eigenvalue weighted by molar-refractivity contribution is 0.0695. The Kier molecular flexibility index (Phi) is 3.52. The molecule has 0 saturated heterocycles. The normalized spacial score (nSPS) is 22.7. The van der Waals surface area contributed by atoms with Crippen LogP contribution in [0.2, 0.25) is 0 Å². The number of rotatable bonds is 4. The lowest BCUT2D eigenvalue weighted by Crippen LogP contribution is -2.39. The van der Waals surface area contributed by atoms with Gasteiger partial charge in [-0.1, -0.05) is 13.8 Å². The number of pyridine rings is 1. The van der Waals surface area contributed by atoms with Gasteiger partial charge in [0.15, 0.2) is 0 Å². The molecule has 0 spiro atoms. The van der Waals surface area contributed by atoms with E-state index in [-0.39, 0.29) is 23.6 Å². The van der Waals surface area contributed by atoms with Crippen LogP contribution in [0.3, 0.4) is 0 Å². The van der Waals surface area contributed by atoms with Crippen LogP contribution < -0.4 is 5.32 Å². The van der Waals surface area contributed by atoms with E-state index in [1.807, 2.05) is 13.8 Å². The van der Waals surface area contributed by atoms with Gasteiger partial charge >= 0.3 is 5.97 Å². The molecule has 5 heteroatoms. The zero-order chi connectivity index (χ0) is 13.3. The molecule has 0 bridgehead atoms. The van der Waals surface area contributed by atoms with E-state index in [4.69, 9.17) is 5.11 Å². The van der Waals surface area contributed by atoms with Crippen molar-refractivity contribution in [1.29, 1.82) is 0 Å². The van der Waals surface area contributed by atoms with Crippen LogP contribution in [0.1, 0.15) is 48.7 Å². The Morgan fingerprint density at radius 2 is 2.11 bits per heavy atom. The molecule has 1 aromatic heterocycles. The van der Waals surface area contributed by atoms with E-state index in [0.29, 0.717) is 18.7 Å². The van der Waals surface area contributed by atoms with Crippen LogP contribution in [-0.2, 0) is 0 Å². The first kappa shape index (κ1) is 12.8. The molecular weight excluding hydrogens is 232 g/mol. The number of nitrogens with one attached hydrogen (secondary N) is 1. The van der Waals surface area contributed by atoms with Crippen LogP contribution >= 0.6 is 0 Å². The Bertz CT molecular complexity index is 454. The average molecular weight is 250 g/mol. The summed E-state index contributed by atoms with van der Waals surface area (Å²) in [7, 11) is 0. The number of carboxylic acids is 1. The number of aromatic carboxylic acids is 1. The second-order valence-electron chi connectivity index (χ2n) is 5.09. The summed E-state index contributed by atoms with van der Waals surface area (Å²) < 4.78 is 0. The molecule has 0 aromatic carbocycles. The SMILES string of the molecule is CC(C)c1cc(C(=O)O)cc(NC2CC(O)C2)n1. The van der Waals surface area contributed by atoms with Crippen molar-refractivity contribution in [2.24, 2.45) is 0 Å². The fourth-order valence-electron chi connectivity index (χ4n) is 1.96. The smallest absolute Gasteiger partial charge is 0.335 e. The van der Waals surface area contributed by atoms with Crippen molar-refractivity contribution in [3.63, 3.8) is 0 Å². The van der Waals surface area contributed by atoms with Crippen molar-refractivity contribution in [2.45, 2.75) is 44.8 Å². The zero-order valence-electron chi connectivity index (χ0n) is 10.6. The molecule has 2 rings (SSSR count). The summed E-state index contributed by atoms with van der Waals surface area (Å²) in [6, 6.07) is 3.34. The van der Waals surface area contributed by atoms with Gasteiger partial charge in [0.05, 0.1) is 11.7 Å². The van der Waals surface area contributed by atoms with E-state index in [1.165, 1.54) is 0 Å². The minimum absolute atomic E-state index is 0.178. The predicted molar refractivity (Wildman–Crippen MR) is 67.9 cm³/mol. The van der Waals surface area contributed by atoms with E-state index in [0.717, 1.165) is 5.69 Å². The van der Waals surface area contributed by atoms with Gasteiger partial charge < -0.3 is 15.5 Å². The summed E-state index contributed by atoms with van der Waals surface area (Å²) in [5.74, 6) is -0.191. The fourth-order valence-corrected chi connectivity index (χ4v) is 1.96. The lowest BCUT2D eigenvalue weighted by atomic mass is 9.89. The van der Waals surface area contributed by atoms with Gasteiger partial charge in [0.1, 0.15) is 5.82 Å². The Morgan fingerprint density at radius 3 is 2.61 bits per heavy atom. The number of aliphatic hydroxyl groups excluding tert-OH is 1. The number of aliphatic hydroxyl groups is 1.